The van der Waals surface area contributed by atoms with E-state index >= 15 is 0 Å². The molecule has 2 saturated carbocycles. The van der Waals surface area contributed by atoms with E-state index in [1.165, 1.54) is 96.3 Å². The van der Waals surface area contributed by atoms with E-state index in [-0.39, 0.29) is 36.1 Å². The number of benzene rings is 1. The van der Waals surface area contributed by atoms with E-state index in [9.17, 15) is 4.79 Å². The zero-order valence-corrected chi connectivity index (χ0v) is 26.1. The lowest BCUT2D eigenvalue weighted by atomic mass is 9.80. The molecule has 2 N–H and O–H groups in total. The number of hydrazine groups is 1. The lowest BCUT2D eigenvalue weighted by Gasteiger charge is -2.33. The second kappa shape index (κ2) is 16.0. The predicted octanol–water partition coefficient (Wildman–Crippen LogP) is 8.06. The Balaban J connectivity index is 1.26. The Bertz CT molecular complexity index is 928. The molecule has 1 aromatic rings. The third kappa shape index (κ3) is 8.47. The Labute approximate surface area is 253 Å². The van der Waals surface area contributed by atoms with E-state index in [4.69, 9.17) is 21.2 Å². The van der Waals surface area contributed by atoms with Gasteiger partial charge in [0.1, 0.15) is 6.04 Å². The van der Waals surface area contributed by atoms with Crippen molar-refractivity contribution in [2.75, 3.05) is 6.61 Å². The molecule has 2 aliphatic heterocycles. The monoisotopic (exact) mass is 587 g/mol. The molecule has 0 radical (unpaired) electrons. The van der Waals surface area contributed by atoms with Gasteiger partial charge >= 0.3 is 5.97 Å². The van der Waals surface area contributed by atoms with E-state index in [2.05, 4.69) is 28.9 Å². The van der Waals surface area contributed by atoms with Crippen molar-refractivity contribution in [1.82, 2.24) is 15.9 Å². The van der Waals surface area contributed by atoms with Crippen LogP contribution < -0.4 is 10.9 Å². The average molecular weight is 588 g/mol. The maximum atomic E-state index is 13.9. The zero-order valence-electron chi connectivity index (χ0n) is 25.3. The van der Waals surface area contributed by atoms with Gasteiger partial charge in [-0.3, -0.25) is 9.63 Å². The molecule has 41 heavy (non-hydrogen) atoms. The molecule has 0 bridgehead atoms. The molecule has 230 valence electrons. The number of hydrogen-bond donors (Lipinski definition) is 2. The van der Waals surface area contributed by atoms with E-state index < -0.39 is 0 Å². The van der Waals surface area contributed by atoms with Crippen LogP contribution >= 0.6 is 11.6 Å². The number of rotatable bonds is 6. The van der Waals surface area contributed by atoms with Crippen molar-refractivity contribution in [3.63, 3.8) is 0 Å². The van der Waals surface area contributed by atoms with Gasteiger partial charge < -0.3 is 4.74 Å². The van der Waals surface area contributed by atoms with Crippen molar-refractivity contribution in [1.29, 1.82) is 0 Å². The summed E-state index contributed by atoms with van der Waals surface area (Å²) in [5.74, 6) is 0.657. The molecular weight excluding hydrogens is 534 g/mol. The highest BCUT2D eigenvalue weighted by molar-refractivity contribution is 6.31. The van der Waals surface area contributed by atoms with Gasteiger partial charge in [0.05, 0.1) is 18.8 Å². The number of carbonyl (C=O) groups is 1. The SMILES string of the molecule is CC1ONC(C2CCCCCCCCC2)C1COC(=O)C1CC(c2ccccc2Cl)NN1C1CCCCCCCC1. The van der Waals surface area contributed by atoms with Crippen molar-refractivity contribution < 1.29 is 14.4 Å². The maximum Gasteiger partial charge on any atom is 0.324 e. The molecule has 2 aliphatic carbocycles. The maximum absolute atomic E-state index is 13.9. The van der Waals surface area contributed by atoms with Gasteiger partial charge in [-0.2, -0.15) is 5.48 Å². The van der Waals surface area contributed by atoms with E-state index in [1.54, 1.807) is 0 Å². The lowest BCUT2D eigenvalue weighted by Crippen LogP contribution is -2.49. The van der Waals surface area contributed by atoms with Crippen molar-refractivity contribution in [2.24, 2.45) is 11.8 Å². The van der Waals surface area contributed by atoms with Crippen LogP contribution in [0.15, 0.2) is 24.3 Å². The number of halogens is 1. The molecule has 0 spiro atoms. The molecule has 1 aromatic carbocycles. The van der Waals surface area contributed by atoms with E-state index in [1.807, 2.05) is 18.2 Å². The van der Waals surface area contributed by atoms with Gasteiger partial charge in [0.15, 0.2) is 0 Å². The summed E-state index contributed by atoms with van der Waals surface area (Å²) in [7, 11) is 0. The van der Waals surface area contributed by atoms with Crippen molar-refractivity contribution in [3.05, 3.63) is 34.9 Å². The Morgan fingerprint density at radius 1 is 0.902 bits per heavy atom. The summed E-state index contributed by atoms with van der Waals surface area (Å²) >= 11 is 6.63. The zero-order chi connectivity index (χ0) is 28.4. The van der Waals surface area contributed by atoms with Gasteiger partial charge in [-0.05, 0) is 56.6 Å². The summed E-state index contributed by atoms with van der Waals surface area (Å²) in [6.45, 7) is 2.54. The number of esters is 1. The molecule has 7 heteroatoms. The van der Waals surface area contributed by atoms with Crippen LogP contribution in [0.4, 0.5) is 0 Å². The molecule has 2 saturated heterocycles. The Morgan fingerprint density at radius 2 is 1.49 bits per heavy atom. The van der Waals surface area contributed by atoms with Crippen LogP contribution in [0, 0.1) is 11.8 Å². The van der Waals surface area contributed by atoms with Crippen LogP contribution in [0.1, 0.15) is 134 Å². The van der Waals surface area contributed by atoms with E-state index in [0.717, 1.165) is 23.4 Å². The number of carbonyl (C=O) groups excluding carboxylic acids is 1. The second-order valence-electron chi connectivity index (χ2n) is 13.3. The third-order valence-electron chi connectivity index (χ3n) is 10.4. The van der Waals surface area contributed by atoms with Crippen LogP contribution in [0.2, 0.25) is 5.02 Å². The summed E-state index contributed by atoms with van der Waals surface area (Å²) in [5.41, 5.74) is 8.20. The molecular formula is C34H54ClN3O3. The largest absolute Gasteiger partial charge is 0.464 e. The molecule has 0 aromatic heterocycles. The smallest absolute Gasteiger partial charge is 0.324 e. The molecule has 2 heterocycles. The quantitative estimate of drug-likeness (QED) is 0.328. The molecule has 6 nitrogen and oxygen atoms in total. The normalized spacial score (nSPS) is 32.2. The van der Waals surface area contributed by atoms with Crippen LogP contribution in [0.25, 0.3) is 0 Å². The summed E-state index contributed by atoms with van der Waals surface area (Å²) in [6.07, 6.45) is 22.4. The molecule has 5 unspecified atom stereocenters. The summed E-state index contributed by atoms with van der Waals surface area (Å²) in [4.78, 5) is 19.9. The molecule has 4 fully saturated rings. The highest BCUT2D eigenvalue weighted by Crippen LogP contribution is 2.37. The van der Waals surface area contributed by atoms with Gasteiger partial charge in [-0.15, -0.1) is 0 Å². The van der Waals surface area contributed by atoms with Gasteiger partial charge in [0.2, 0.25) is 0 Å². The van der Waals surface area contributed by atoms with Gasteiger partial charge in [0.25, 0.3) is 0 Å². The fourth-order valence-corrected chi connectivity index (χ4v) is 8.15. The molecule has 0 amide bonds. The highest BCUT2D eigenvalue weighted by Gasteiger charge is 2.44. The number of hydrogen-bond acceptors (Lipinski definition) is 6. The van der Waals surface area contributed by atoms with Crippen LogP contribution in [-0.4, -0.2) is 41.8 Å². The van der Waals surface area contributed by atoms with Gasteiger partial charge in [-0.1, -0.05) is 113 Å². The first-order chi connectivity index (χ1) is 20.1. The molecule has 5 rings (SSSR count). The fourth-order valence-electron chi connectivity index (χ4n) is 7.89. The fraction of sp³-hybridized carbons (Fsp3) is 0.794. The summed E-state index contributed by atoms with van der Waals surface area (Å²) < 4.78 is 6.24. The Hall–Kier alpha value is -1.18. The summed E-state index contributed by atoms with van der Waals surface area (Å²) in [6, 6.07) is 8.33. The topological polar surface area (TPSA) is 62.8 Å². The second-order valence-corrected chi connectivity index (χ2v) is 13.7. The highest BCUT2D eigenvalue weighted by atomic mass is 35.5. The number of hydroxylamine groups is 1. The first kappa shape index (κ1) is 31.3. The number of nitrogens with one attached hydrogen (secondary N) is 2. The minimum absolute atomic E-state index is 0.0139. The van der Waals surface area contributed by atoms with Crippen molar-refractivity contribution in [3.8, 4) is 0 Å². The minimum Gasteiger partial charge on any atom is -0.464 e. The van der Waals surface area contributed by atoms with Gasteiger partial charge in [0, 0.05) is 23.0 Å². The summed E-state index contributed by atoms with van der Waals surface area (Å²) in [5, 5.41) is 3.03. The predicted molar refractivity (Wildman–Crippen MR) is 165 cm³/mol. The molecule has 5 atom stereocenters. The lowest BCUT2D eigenvalue weighted by molar-refractivity contribution is -0.153. The minimum atomic E-state index is -0.306. The average Bonchev–Trinajstić information content (AvgIpc) is 3.61. The van der Waals surface area contributed by atoms with Crippen LogP contribution in [-0.2, 0) is 14.4 Å². The number of nitrogens with zero attached hydrogens (tertiary/aromatic N) is 1. The van der Waals surface area contributed by atoms with Gasteiger partial charge in [-0.25, -0.2) is 10.4 Å². The molecule has 4 aliphatic rings. The third-order valence-corrected chi connectivity index (χ3v) is 10.7. The van der Waals surface area contributed by atoms with Crippen LogP contribution in [0.5, 0.6) is 0 Å². The van der Waals surface area contributed by atoms with E-state index in [0.29, 0.717) is 25.0 Å². The first-order valence-electron chi connectivity index (χ1n) is 17.0. The van der Waals surface area contributed by atoms with Crippen LogP contribution in [0.3, 0.4) is 0 Å². The Kier molecular flexibility index (Phi) is 12.2. The van der Waals surface area contributed by atoms with Crippen molar-refractivity contribution >= 4 is 17.6 Å². The first-order valence-corrected chi connectivity index (χ1v) is 17.4. The standard InChI is InChI=1S/C34H54ClN3O3/c1-25-29(33(37-41-25)26-17-11-7-3-2-4-8-12-18-26)24-40-34(39)32-23-31(28-21-15-16-22-30(28)35)36-38(32)27-19-13-9-5-6-10-14-20-27/h15-16,21-22,25-27,29,31-33,36-37H,2-14,17-20,23-24H2,1H3. The Morgan fingerprint density at radius 3 is 2.12 bits per heavy atom. The van der Waals surface area contributed by atoms with Crippen molar-refractivity contribution in [2.45, 2.75) is 153 Å². The number of ether oxygens (including phenoxy) is 1.